The Morgan fingerprint density at radius 1 is 1.19 bits per heavy atom. The van der Waals surface area contributed by atoms with Crippen LogP contribution in [0.2, 0.25) is 5.02 Å². The fraction of sp³-hybridized carbons (Fsp3) is 0.421. The largest absolute Gasteiger partial charge is 0.417 e. The van der Waals surface area contributed by atoms with Crippen LogP contribution in [0.25, 0.3) is 0 Å². The lowest BCUT2D eigenvalue weighted by Crippen LogP contribution is -2.37. The number of aromatic nitrogens is 3. The maximum atomic E-state index is 12.8. The SMILES string of the molecule is O=C(NC1CCN(c2ncc(C(F)(F)F)cc2Cl)C1)c1ccnc(NC(=O)C2CC2)n1. The van der Waals surface area contributed by atoms with E-state index in [1.54, 1.807) is 4.90 Å². The van der Waals surface area contributed by atoms with E-state index in [1.165, 1.54) is 12.3 Å². The molecule has 12 heteroatoms. The first-order valence-corrected chi connectivity index (χ1v) is 10.0. The third-order valence-corrected chi connectivity index (χ3v) is 5.32. The molecule has 1 aliphatic carbocycles. The molecule has 2 N–H and O–H groups in total. The fourth-order valence-corrected chi connectivity index (χ4v) is 3.54. The van der Waals surface area contributed by atoms with Crippen molar-refractivity contribution in [2.45, 2.75) is 31.5 Å². The van der Waals surface area contributed by atoms with Gasteiger partial charge in [0.1, 0.15) is 11.5 Å². The third-order valence-electron chi connectivity index (χ3n) is 5.04. The lowest BCUT2D eigenvalue weighted by Gasteiger charge is -2.20. The van der Waals surface area contributed by atoms with Gasteiger partial charge in [-0.15, -0.1) is 0 Å². The molecule has 164 valence electrons. The number of hydrogen-bond donors (Lipinski definition) is 2. The lowest BCUT2D eigenvalue weighted by atomic mass is 10.2. The predicted molar refractivity (Wildman–Crippen MR) is 106 cm³/mol. The molecule has 2 aromatic heterocycles. The Hall–Kier alpha value is -2.95. The maximum absolute atomic E-state index is 12.8. The van der Waals surface area contributed by atoms with E-state index in [4.69, 9.17) is 11.6 Å². The molecule has 2 fully saturated rings. The van der Waals surface area contributed by atoms with Crippen molar-refractivity contribution < 1.29 is 22.8 Å². The molecule has 2 amide bonds. The molecule has 2 aliphatic rings. The van der Waals surface area contributed by atoms with E-state index in [2.05, 4.69) is 25.6 Å². The van der Waals surface area contributed by atoms with Gasteiger partial charge in [-0.05, 0) is 31.4 Å². The van der Waals surface area contributed by atoms with E-state index < -0.39 is 17.6 Å². The number of carbonyl (C=O) groups excluding carboxylic acids is 2. The molecule has 4 rings (SSSR count). The number of carbonyl (C=O) groups is 2. The molecule has 1 unspecified atom stereocenters. The molecular formula is C19H18ClF3N6O2. The molecule has 2 aromatic rings. The number of nitrogens with zero attached hydrogens (tertiary/aromatic N) is 4. The zero-order valence-electron chi connectivity index (χ0n) is 16.1. The second kappa shape index (κ2) is 8.29. The highest BCUT2D eigenvalue weighted by molar-refractivity contribution is 6.33. The van der Waals surface area contributed by atoms with Gasteiger partial charge in [0.05, 0.1) is 10.6 Å². The van der Waals surface area contributed by atoms with Crippen LogP contribution in [-0.4, -0.2) is 45.9 Å². The molecule has 0 radical (unpaired) electrons. The molecule has 1 aliphatic heterocycles. The second-order valence-electron chi connectivity index (χ2n) is 7.46. The average Bonchev–Trinajstić information content (AvgIpc) is 3.47. The van der Waals surface area contributed by atoms with Crippen LogP contribution in [0, 0.1) is 5.92 Å². The summed E-state index contributed by atoms with van der Waals surface area (Å²) < 4.78 is 38.4. The Labute approximate surface area is 180 Å². The fourth-order valence-electron chi connectivity index (χ4n) is 3.25. The Morgan fingerprint density at radius 2 is 1.97 bits per heavy atom. The van der Waals surface area contributed by atoms with E-state index in [-0.39, 0.29) is 40.3 Å². The van der Waals surface area contributed by atoms with Gasteiger partial charge in [-0.3, -0.25) is 14.9 Å². The molecule has 3 heterocycles. The van der Waals surface area contributed by atoms with Crippen molar-refractivity contribution in [1.82, 2.24) is 20.3 Å². The monoisotopic (exact) mass is 454 g/mol. The molecule has 1 atom stereocenters. The smallest absolute Gasteiger partial charge is 0.353 e. The van der Waals surface area contributed by atoms with Crippen LogP contribution in [0.15, 0.2) is 24.5 Å². The van der Waals surface area contributed by atoms with E-state index in [0.717, 1.165) is 25.1 Å². The van der Waals surface area contributed by atoms with Crippen LogP contribution in [0.4, 0.5) is 24.9 Å². The maximum Gasteiger partial charge on any atom is 0.417 e. The summed E-state index contributed by atoms with van der Waals surface area (Å²) in [5, 5.41) is 5.32. The van der Waals surface area contributed by atoms with Gasteiger partial charge in [-0.2, -0.15) is 13.2 Å². The zero-order valence-corrected chi connectivity index (χ0v) is 16.9. The number of amides is 2. The van der Waals surface area contributed by atoms with Gasteiger partial charge in [0.25, 0.3) is 5.91 Å². The first kappa shape index (κ1) is 21.3. The Bertz CT molecular complexity index is 1010. The van der Waals surface area contributed by atoms with Crippen LogP contribution in [0.1, 0.15) is 35.3 Å². The molecule has 1 saturated heterocycles. The van der Waals surface area contributed by atoms with Gasteiger partial charge in [0.2, 0.25) is 11.9 Å². The van der Waals surface area contributed by atoms with E-state index in [0.29, 0.717) is 19.5 Å². The lowest BCUT2D eigenvalue weighted by molar-refractivity contribution is -0.137. The summed E-state index contributed by atoms with van der Waals surface area (Å²) in [6.07, 6.45) is -0.168. The molecule has 0 bridgehead atoms. The van der Waals surface area contributed by atoms with Crippen molar-refractivity contribution in [3.05, 3.63) is 40.8 Å². The van der Waals surface area contributed by atoms with Gasteiger partial charge in [-0.25, -0.2) is 15.0 Å². The van der Waals surface area contributed by atoms with Gasteiger partial charge < -0.3 is 10.2 Å². The number of hydrogen-bond acceptors (Lipinski definition) is 6. The highest BCUT2D eigenvalue weighted by Gasteiger charge is 2.33. The van der Waals surface area contributed by atoms with Crippen molar-refractivity contribution >= 4 is 35.2 Å². The molecule has 0 aromatic carbocycles. The van der Waals surface area contributed by atoms with E-state index in [1.807, 2.05) is 0 Å². The van der Waals surface area contributed by atoms with Crippen molar-refractivity contribution in [3.63, 3.8) is 0 Å². The van der Waals surface area contributed by atoms with Crippen molar-refractivity contribution in [1.29, 1.82) is 0 Å². The van der Waals surface area contributed by atoms with Crippen molar-refractivity contribution in [2.75, 3.05) is 23.3 Å². The quantitative estimate of drug-likeness (QED) is 0.720. The normalized spacial score (nSPS) is 18.7. The summed E-state index contributed by atoms with van der Waals surface area (Å²) in [5.41, 5.74) is -0.816. The van der Waals surface area contributed by atoms with Crippen LogP contribution in [-0.2, 0) is 11.0 Å². The highest BCUT2D eigenvalue weighted by Crippen LogP contribution is 2.34. The summed E-state index contributed by atoms with van der Waals surface area (Å²) in [5.74, 6) is -0.319. The van der Waals surface area contributed by atoms with Crippen LogP contribution >= 0.6 is 11.6 Å². The molecular weight excluding hydrogens is 437 g/mol. The number of anilines is 2. The number of halogens is 4. The van der Waals surface area contributed by atoms with Crippen LogP contribution < -0.4 is 15.5 Å². The highest BCUT2D eigenvalue weighted by atomic mass is 35.5. The zero-order chi connectivity index (χ0) is 22.2. The molecule has 31 heavy (non-hydrogen) atoms. The standard InChI is InChI=1S/C19H18ClF3N6O2/c20-13-7-11(19(21,22)23)8-25-15(13)29-6-4-12(9-29)26-17(31)14-3-5-24-18(27-14)28-16(30)10-1-2-10/h3,5,7-8,10,12H,1-2,4,6,9H2,(H,26,31)(H,24,27,28,30). The summed E-state index contributed by atoms with van der Waals surface area (Å²) in [6, 6.07) is 2.00. The third kappa shape index (κ3) is 5.04. The van der Waals surface area contributed by atoms with Crippen LogP contribution in [0.3, 0.4) is 0 Å². The summed E-state index contributed by atoms with van der Waals surface area (Å²) in [4.78, 5) is 38.0. The number of rotatable bonds is 5. The Morgan fingerprint density at radius 3 is 2.65 bits per heavy atom. The minimum Gasteiger partial charge on any atom is -0.353 e. The minimum atomic E-state index is -4.52. The topological polar surface area (TPSA) is 100 Å². The first-order chi connectivity index (χ1) is 14.7. The van der Waals surface area contributed by atoms with Gasteiger partial charge in [-0.1, -0.05) is 11.6 Å². The van der Waals surface area contributed by atoms with E-state index >= 15 is 0 Å². The molecule has 8 nitrogen and oxygen atoms in total. The van der Waals surface area contributed by atoms with Gasteiger partial charge in [0.15, 0.2) is 0 Å². The number of nitrogens with one attached hydrogen (secondary N) is 2. The van der Waals surface area contributed by atoms with Crippen molar-refractivity contribution in [3.8, 4) is 0 Å². The molecule has 1 saturated carbocycles. The summed E-state index contributed by atoms with van der Waals surface area (Å²) in [6.45, 7) is 0.801. The van der Waals surface area contributed by atoms with Gasteiger partial charge >= 0.3 is 6.18 Å². The van der Waals surface area contributed by atoms with Gasteiger partial charge in [0, 0.05) is 37.4 Å². The second-order valence-corrected chi connectivity index (χ2v) is 7.87. The minimum absolute atomic E-state index is 0.0174. The Balaban J connectivity index is 1.37. The Kier molecular flexibility index (Phi) is 5.69. The first-order valence-electron chi connectivity index (χ1n) is 9.63. The predicted octanol–water partition coefficient (Wildman–Crippen LogP) is 2.90. The molecule has 0 spiro atoms. The number of pyridine rings is 1. The van der Waals surface area contributed by atoms with Crippen LogP contribution in [0.5, 0.6) is 0 Å². The van der Waals surface area contributed by atoms with E-state index in [9.17, 15) is 22.8 Å². The number of alkyl halides is 3. The summed E-state index contributed by atoms with van der Waals surface area (Å²) in [7, 11) is 0. The average molecular weight is 455 g/mol. The van der Waals surface area contributed by atoms with Crippen molar-refractivity contribution in [2.24, 2.45) is 5.92 Å². The summed E-state index contributed by atoms with van der Waals surface area (Å²) >= 11 is 6.01.